The Morgan fingerprint density at radius 2 is 1.65 bits per heavy atom. The largest absolute Gasteiger partial charge is 0.492 e. The van der Waals surface area contributed by atoms with Crippen molar-refractivity contribution < 1.29 is 4.74 Å². The van der Waals surface area contributed by atoms with Crippen LogP contribution in [0.3, 0.4) is 0 Å². The number of benzene rings is 2. The van der Waals surface area contributed by atoms with E-state index < -0.39 is 0 Å². The summed E-state index contributed by atoms with van der Waals surface area (Å²) < 4.78 is 5.91. The smallest absolute Gasteiger partial charge is 0.119 e. The van der Waals surface area contributed by atoms with E-state index >= 15 is 0 Å². The van der Waals surface area contributed by atoms with Gasteiger partial charge in [-0.15, -0.1) is 0 Å². The summed E-state index contributed by atoms with van der Waals surface area (Å²) in [4.78, 5) is 0. The van der Waals surface area contributed by atoms with Crippen LogP contribution in [0.5, 0.6) is 5.75 Å². The van der Waals surface area contributed by atoms with Crippen LogP contribution in [0.2, 0.25) is 0 Å². The molecule has 0 aliphatic rings. The number of hydrogen-bond acceptors (Lipinski definition) is 2. The molecule has 0 saturated carbocycles. The van der Waals surface area contributed by atoms with Gasteiger partial charge in [0.15, 0.2) is 0 Å². The minimum absolute atomic E-state index is 0.203. The Hall–Kier alpha value is -1.80. The first-order valence-corrected chi connectivity index (χ1v) is 7.03. The zero-order valence-corrected chi connectivity index (χ0v) is 12.7. The van der Waals surface area contributed by atoms with Crippen LogP contribution in [0, 0.1) is 20.8 Å². The molecule has 0 aliphatic heterocycles. The highest BCUT2D eigenvalue weighted by Gasteiger charge is 2.11. The third-order valence-corrected chi connectivity index (χ3v) is 3.40. The van der Waals surface area contributed by atoms with E-state index in [9.17, 15) is 0 Å². The number of aryl methyl sites for hydroxylation is 3. The van der Waals surface area contributed by atoms with Crippen molar-refractivity contribution in [3.63, 3.8) is 0 Å². The maximum atomic E-state index is 5.91. The van der Waals surface area contributed by atoms with Crippen molar-refractivity contribution in [1.82, 2.24) is 5.32 Å². The lowest BCUT2D eigenvalue weighted by molar-refractivity contribution is 0.273. The predicted octanol–water partition coefficient (Wildman–Crippen LogP) is 3.95. The van der Waals surface area contributed by atoms with Gasteiger partial charge in [0.1, 0.15) is 12.4 Å². The van der Waals surface area contributed by atoms with Gasteiger partial charge in [-0.25, -0.2) is 0 Å². The second kappa shape index (κ2) is 6.58. The average Bonchev–Trinajstić information content (AvgIpc) is 2.38. The molecule has 2 heteroatoms. The molecule has 1 N–H and O–H groups in total. The molecule has 2 aromatic rings. The highest BCUT2D eigenvalue weighted by atomic mass is 16.5. The average molecular weight is 269 g/mol. The normalized spacial score (nSPS) is 12.2. The SMILES string of the molecule is CNC(COc1cccc(C)c1)c1cc(C)cc(C)c1. The maximum absolute atomic E-state index is 5.91. The van der Waals surface area contributed by atoms with Crippen molar-refractivity contribution in [2.45, 2.75) is 26.8 Å². The van der Waals surface area contributed by atoms with Crippen molar-refractivity contribution in [3.8, 4) is 5.75 Å². The molecule has 0 bridgehead atoms. The molecule has 0 fully saturated rings. The molecule has 2 nitrogen and oxygen atoms in total. The van der Waals surface area contributed by atoms with Crippen molar-refractivity contribution in [2.75, 3.05) is 13.7 Å². The molecule has 0 aliphatic carbocycles. The molecule has 0 aromatic heterocycles. The second-order valence-corrected chi connectivity index (χ2v) is 5.39. The summed E-state index contributed by atoms with van der Waals surface area (Å²) in [5.41, 5.74) is 5.07. The molecule has 106 valence electrons. The van der Waals surface area contributed by atoms with Gasteiger partial charge in [0.2, 0.25) is 0 Å². The van der Waals surface area contributed by atoms with E-state index in [4.69, 9.17) is 4.74 Å². The molecule has 20 heavy (non-hydrogen) atoms. The molecule has 0 spiro atoms. The van der Waals surface area contributed by atoms with Gasteiger partial charge in [-0.2, -0.15) is 0 Å². The van der Waals surface area contributed by atoms with Crippen LogP contribution in [-0.2, 0) is 0 Å². The zero-order chi connectivity index (χ0) is 14.5. The number of ether oxygens (including phenoxy) is 1. The molecule has 2 aromatic carbocycles. The maximum Gasteiger partial charge on any atom is 0.119 e. The van der Waals surface area contributed by atoms with Gasteiger partial charge in [-0.1, -0.05) is 41.5 Å². The summed E-state index contributed by atoms with van der Waals surface area (Å²) in [6.45, 7) is 6.96. The van der Waals surface area contributed by atoms with Gasteiger partial charge in [0, 0.05) is 0 Å². The van der Waals surface area contributed by atoms with Crippen LogP contribution in [0.1, 0.15) is 28.3 Å². The molecular formula is C18H23NO. The van der Waals surface area contributed by atoms with Gasteiger partial charge < -0.3 is 10.1 Å². The lowest BCUT2D eigenvalue weighted by Gasteiger charge is -2.19. The second-order valence-electron chi connectivity index (χ2n) is 5.39. The minimum atomic E-state index is 0.203. The van der Waals surface area contributed by atoms with Gasteiger partial charge in [0.25, 0.3) is 0 Å². The fourth-order valence-corrected chi connectivity index (χ4v) is 2.44. The minimum Gasteiger partial charge on any atom is -0.492 e. The first-order chi connectivity index (χ1) is 9.58. The summed E-state index contributed by atoms with van der Waals surface area (Å²) in [7, 11) is 1.97. The van der Waals surface area contributed by atoms with Gasteiger partial charge >= 0.3 is 0 Å². The summed E-state index contributed by atoms with van der Waals surface area (Å²) >= 11 is 0. The number of nitrogens with one attached hydrogen (secondary N) is 1. The summed E-state index contributed by atoms with van der Waals surface area (Å²) in [5, 5.41) is 3.33. The van der Waals surface area contributed by atoms with Crippen molar-refractivity contribution >= 4 is 0 Å². The highest BCUT2D eigenvalue weighted by molar-refractivity contribution is 5.31. The van der Waals surface area contributed by atoms with Crippen LogP contribution >= 0.6 is 0 Å². The van der Waals surface area contributed by atoms with E-state index in [1.807, 2.05) is 19.2 Å². The third kappa shape index (κ3) is 3.84. The standard InChI is InChI=1S/C18H23NO/c1-13-6-5-7-17(11-13)20-12-18(19-4)16-9-14(2)8-15(3)10-16/h5-11,18-19H,12H2,1-4H3. The van der Waals surface area contributed by atoms with Crippen LogP contribution in [0.4, 0.5) is 0 Å². The van der Waals surface area contributed by atoms with Crippen LogP contribution in [0.15, 0.2) is 42.5 Å². The Morgan fingerprint density at radius 1 is 0.950 bits per heavy atom. The Balaban J connectivity index is 2.09. The van der Waals surface area contributed by atoms with Gasteiger partial charge in [-0.3, -0.25) is 0 Å². The van der Waals surface area contributed by atoms with Crippen molar-refractivity contribution in [3.05, 3.63) is 64.7 Å². The first kappa shape index (κ1) is 14.6. The summed E-state index contributed by atoms with van der Waals surface area (Å²) in [6.07, 6.45) is 0. The molecule has 1 unspecified atom stereocenters. The fourth-order valence-electron chi connectivity index (χ4n) is 2.44. The van der Waals surface area contributed by atoms with E-state index in [2.05, 4.69) is 56.4 Å². The number of likely N-dealkylation sites (N-methyl/N-ethyl adjacent to an activating group) is 1. The molecular weight excluding hydrogens is 246 g/mol. The molecule has 0 heterocycles. The van der Waals surface area contributed by atoms with E-state index in [0.717, 1.165) is 5.75 Å². The van der Waals surface area contributed by atoms with E-state index in [1.54, 1.807) is 0 Å². The molecule has 2 rings (SSSR count). The van der Waals surface area contributed by atoms with Crippen molar-refractivity contribution in [2.24, 2.45) is 0 Å². The quantitative estimate of drug-likeness (QED) is 0.887. The van der Waals surface area contributed by atoms with Crippen LogP contribution < -0.4 is 10.1 Å². The van der Waals surface area contributed by atoms with E-state index in [-0.39, 0.29) is 6.04 Å². The third-order valence-electron chi connectivity index (χ3n) is 3.40. The Bertz CT molecular complexity index is 557. The topological polar surface area (TPSA) is 21.3 Å². The molecule has 0 radical (unpaired) electrons. The first-order valence-electron chi connectivity index (χ1n) is 7.03. The molecule has 1 atom stereocenters. The monoisotopic (exact) mass is 269 g/mol. The number of hydrogen-bond donors (Lipinski definition) is 1. The lowest BCUT2D eigenvalue weighted by Crippen LogP contribution is -2.23. The summed E-state index contributed by atoms with van der Waals surface area (Å²) in [5.74, 6) is 0.926. The zero-order valence-electron chi connectivity index (χ0n) is 12.7. The van der Waals surface area contributed by atoms with E-state index in [1.165, 1.54) is 22.3 Å². The van der Waals surface area contributed by atoms with Crippen LogP contribution in [0.25, 0.3) is 0 Å². The fraction of sp³-hybridized carbons (Fsp3) is 0.333. The Kier molecular flexibility index (Phi) is 4.80. The Labute approximate surface area is 121 Å². The van der Waals surface area contributed by atoms with E-state index in [0.29, 0.717) is 6.61 Å². The Morgan fingerprint density at radius 3 is 2.25 bits per heavy atom. The number of rotatable bonds is 5. The van der Waals surface area contributed by atoms with Gasteiger partial charge in [-0.05, 0) is 51.1 Å². The van der Waals surface area contributed by atoms with Crippen LogP contribution in [-0.4, -0.2) is 13.7 Å². The van der Waals surface area contributed by atoms with Gasteiger partial charge in [0.05, 0.1) is 6.04 Å². The predicted molar refractivity (Wildman–Crippen MR) is 84.4 cm³/mol. The molecule has 0 amide bonds. The molecule has 0 saturated heterocycles. The lowest BCUT2D eigenvalue weighted by atomic mass is 10.0. The van der Waals surface area contributed by atoms with Crippen molar-refractivity contribution in [1.29, 1.82) is 0 Å². The highest BCUT2D eigenvalue weighted by Crippen LogP contribution is 2.19. The summed E-state index contributed by atoms with van der Waals surface area (Å²) in [6, 6.07) is 15.0.